The highest BCUT2D eigenvalue weighted by molar-refractivity contribution is 6.20. The topological polar surface area (TPSA) is 60.6 Å². The molecule has 0 saturated carbocycles. The van der Waals surface area contributed by atoms with E-state index >= 15 is 0 Å². The fraction of sp³-hybridized carbons (Fsp3) is 0.0833. The van der Waals surface area contributed by atoms with Crippen LogP contribution in [0.25, 0.3) is 0 Å². The van der Waals surface area contributed by atoms with Gasteiger partial charge in [0.1, 0.15) is 0 Å². The molecule has 0 bridgehead atoms. The Hall–Kier alpha value is -2.27. The predicted molar refractivity (Wildman–Crippen MR) is 65.7 cm³/mol. The van der Waals surface area contributed by atoms with Gasteiger partial charge in [0.2, 0.25) is 11.7 Å². The second-order valence-corrected chi connectivity index (χ2v) is 3.69. The van der Waals surface area contributed by atoms with E-state index in [-0.39, 0.29) is 0 Å². The lowest BCUT2D eigenvalue weighted by molar-refractivity contribution is -0.0324. The number of hydrogen-bond acceptors (Lipinski definition) is 5. The molecule has 0 aromatic heterocycles. The number of hydrazone groups is 1. The Morgan fingerprint density at radius 1 is 1.12 bits per heavy atom. The highest BCUT2D eigenvalue weighted by atomic mass is 16.3. The maximum Gasteiger partial charge on any atom is 0.249 e. The number of hydrogen-bond donors (Lipinski definition) is 1. The number of aliphatic imine (C=N–C) groups is 2. The smallest absolute Gasteiger partial charge is 0.249 e. The molecule has 2 aliphatic rings. The molecule has 84 valence electrons. The van der Waals surface area contributed by atoms with Crippen LogP contribution in [0.4, 0.5) is 0 Å². The maximum absolute atomic E-state index is 10.7. The Morgan fingerprint density at radius 3 is 2.76 bits per heavy atom. The maximum atomic E-state index is 10.7. The summed E-state index contributed by atoms with van der Waals surface area (Å²) in [7, 11) is 0. The first-order chi connectivity index (χ1) is 8.31. The molecule has 0 amide bonds. The number of nitrogens with zero attached hydrogens (tertiary/aromatic N) is 4. The van der Waals surface area contributed by atoms with E-state index in [1.54, 1.807) is 12.3 Å². The monoisotopic (exact) mass is 226 g/mol. The summed E-state index contributed by atoms with van der Waals surface area (Å²) in [6.45, 7) is 0. The van der Waals surface area contributed by atoms with E-state index in [0.29, 0.717) is 5.96 Å². The number of rotatable bonds is 1. The molecule has 0 radical (unpaired) electrons. The summed E-state index contributed by atoms with van der Waals surface area (Å²) in [6.07, 6.45) is 6.19. The molecule has 5 heteroatoms. The quantitative estimate of drug-likeness (QED) is 0.779. The molecular weight excluding hydrogens is 216 g/mol. The largest absolute Gasteiger partial charge is 0.362 e. The third-order valence-corrected chi connectivity index (χ3v) is 2.65. The molecular formula is C12H10N4O. The summed E-state index contributed by atoms with van der Waals surface area (Å²) in [5, 5.41) is 16.2. The van der Waals surface area contributed by atoms with Crippen LogP contribution in [0.5, 0.6) is 0 Å². The highest BCUT2D eigenvalue weighted by Gasteiger charge is 2.38. The third kappa shape index (κ3) is 1.48. The van der Waals surface area contributed by atoms with Crippen molar-refractivity contribution in [3.63, 3.8) is 0 Å². The predicted octanol–water partition coefficient (Wildman–Crippen LogP) is 1.09. The zero-order valence-electron chi connectivity index (χ0n) is 8.93. The minimum Gasteiger partial charge on any atom is -0.362 e. The van der Waals surface area contributed by atoms with E-state index in [1.807, 2.05) is 30.3 Å². The van der Waals surface area contributed by atoms with E-state index in [9.17, 15) is 5.11 Å². The van der Waals surface area contributed by atoms with Crippen LogP contribution in [-0.4, -0.2) is 28.5 Å². The lowest BCUT2D eigenvalue weighted by atomic mass is 10.0. The number of guanidine groups is 1. The van der Waals surface area contributed by atoms with Gasteiger partial charge in [0.15, 0.2) is 0 Å². The molecule has 0 saturated heterocycles. The second-order valence-electron chi connectivity index (χ2n) is 3.69. The van der Waals surface area contributed by atoms with E-state index in [1.165, 1.54) is 17.4 Å². The van der Waals surface area contributed by atoms with Crippen LogP contribution in [0, 0.1) is 0 Å². The zero-order valence-corrected chi connectivity index (χ0v) is 8.93. The molecule has 1 aromatic carbocycles. The summed E-state index contributed by atoms with van der Waals surface area (Å²) in [5.41, 5.74) is -0.607. The Bertz CT molecular complexity index is 547. The van der Waals surface area contributed by atoms with Gasteiger partial charge in [-0.25, -0.2) is 9.98 Å². The molecule has 0 spiro atoms. The minimum absolute atomic E-state index is 0.376. The molecule has 0 aliphatic carbocycles. The summed E-state index contributed by atoms with van der Waals surface area (Å²) in [5.74, 6) is 0.376. The molecule has 2 heterocycles. The van der Waals surface area contributed by atoms with Gasteiger partial charge in [-0.2, -0.15) is 10.1 Å². The van der Waals surface area contributed by atoms with Crippen LogP contribution in [0.15, 0.2) is 57.7 Å². The van der Waals surface area contributed by atoms with Gasteiger partial charge in [-0.05, 0) is 6.08 Å². The summed E-state index contributed by atoms with van der Waals surface area (Å²) >= 11 is 0. The first kappa shape index (κ1) is 9.92. The molecule has 2 aliphatic heterocycles. The van der Waals surface area contributed by atoms with Gasteiger partial charge in [0.25, 0.3) is 0 Å². The molecule has 1 unspecified atom stereocenters. The van der Waals surface area contributed by atoms with E-state index < -0.39 is 5.72 Å². The molecule has 1 atom stereocenters. The lowest BCUT2D eigenvalue weighted by Crippen LogP contribution is -2.47. The van der Waals surface area contributed by atoms with Crippen LogP contribution >= 0.6 is 0 Å². The van der Waals surface area contributed by atoms with E-state index in [2.05, 4.69) is 15.1 Å². The van der Waals surface area contributed by atoms with Crippen LogP contribution in [0.1, 0.15) is 5.56 Å². The van der Waals surface area contributed by atoms with E-state index in [0.717, 1.165) is 5.56 Å². The van der Waals surface area contributed by atoms with Gasteiger partial charge in [-0.3, -0.25) is 0 Å². The molecule has 0 fully saturated rings. The minimum atomic E-state index is -1.33. The van der Waals surface area contributed by atoms with Crippen LogP contribution in [0.3, 0.4) is 0 Å². The van der Waals surface area contributed by atoms with Gasteiger partial charge in [-0.15, -0.1) is 0 Å². The fourth-order valence-corrected chi connectivity index (χ4v) is 1.81. The van der Waals surface area contributed by atoms with Crippen molar-refractivity contribution in [2.45, 2.75) is 5.72 Å². The van der Waals surface area contributed by atoms with Crippen LogP contribution < -0.4 is 0 Å². The van der Waals surface area contributed by atoms with Crippen molar-refractivity contribution in [1.82, 2.24) is 5.01 Å². The summed E-state index contributed by atoms with van der Waals surface area (Å²) in [6, 6.07) is 9.29. The van der Waals surface area contributed by atoms with Gasteiger partial charge in [0.05, 0.1) is 12.4 Å². The van der Waals surface area contributed by atoms with Gasteiger partial charge in [-0.1, -0.05) is 30.3 Å². The molecule has 17 heavy (non-hydrogen) atoms. The Kier molecular flexibility index (Phi) is 2.12. The summed E-state index contributed by atoms with van der Waals surface area (Å²) in [4.78, 5) is 8.13. The van der Waals surface area contributed by atoms with Crippen molar-refractivity contribution in [2.24, 2.45) is 15.1 Å². The van der Waals surface area contributed by atoms with E-state index in [4.69, 9.17) is 0 Å². The van der Waals surface area contributed by atoms with Gasteiger partial charge < -0.3 is 5.11 Å². The number of benzene rings is 1. The Morgan fingerprint density at radius 2 is 1.94 bits per heavy atom. The van der Waals surface area contributed by atoms with Crippen molar-refractivity contribution < 1.29 is 5.11 Å². The molecule has 3 rings (SSSR count). The lowest BCUT2D eigenvalue weighted by Gasteiger charge is -2.36. The first-order valence-electron chi connectivity index (χ1n) is 5.21. The number of fused-ring (bicyclic) bond motifs is 1. The van der Waals surface area contributed by atoms with Crippen molar-refractivity contribution >= 4 is 18.4 Å². The Balaban J connectivity index is 2.09. The van der Waals surface area contributed by atoms with Crippen LogP contribution in [-0.2, 0) is 5.72 Å². The van der Waals surface area contributed by atoms with Crippen molar-refractivity contribution in [3.8, 4) is 0 Å². The second kappa shape index (κ2) is 3.64. The highest BCUT2D eigenvalue weighted by Crippen LogP contribution is 2.31. The number of aliphatic hydroxyl groups is 1. The Labute approximate surface area is 98.1 Å². The molecule has 1 N–H and O–H groups in total. The zero-order chi connectivity index (χ0) is 11.7. The third-order valence-electron chi connectivity index (χ3n) is 2.65. The standard InChI is InChI=1S/C12H10N4O/c17-12(10-4-2-1-3-5-10)6-7-13-11-14-8-9-15-16(11)12/h1-9,17H. The van der Waals surface area contributed by atoms with Crippen molar-refractivity contribution in [1.29, 1.82) is 0 Å². The first-order valence-corrected chi connectivity index (χ1v) is 5.21. The van der Waals surface area contributed by atoms with Crippen molar-refractivity contribution in [2.75, 3.05) is 0 Å². The average molecular weight is 226 g/mol. The van der Waals surface area contributed by atoms with Crippen LogP contribution in [0.2, 0.25) is 0 Å². The average Bonchev–Trinajstić information content (AvgIpc) is 2.40. The van der Waals surface area contributed by atoms with Gasteiger partial charge in [0, 0.05) is 11.8 Å². The normalized spacial score (nSPS) is 25.7. The van der Waals surface area contributed by atoms with Crippen molar-refractivity contribution in [3.05, 3.63) is 48.2 Å². The summed E-state index contributed by atoms with van der Waals surface area (Å²) < 4.78 is 0. The molecule has 5 nitrogen and oxygen atoms in total. The fourth-order valence-electron chi connectivity index (χ4n) is 1.81. The SMILES string of the molecule is OC1(c2ccccc2)C=CN=C2N=CC=NN21. The molecule has 1 aromatic rings. The van der Waals surface area contributed by atoms with Gasteiger partial charge >= 0.3 is 0 Å².